The van der Waals surface area contributed by atoms with Crippen LogP contribution in [0.15, 0.2) is 18.2 Å². The van der Waals surface area contributed by atoms with Crippen LogP contribution in [0.25, 0.3) is 0 Å². The van der Waals surface area contributed by atoms with Gasteiger partial charge in [-0.15, -0.1) is 11.6 Å². The van der Waals surface area contributed by atoms with E-state index in [-0.39, 0.29) is 11.8 Å². The third kappa shape index (κ3) is 2.96. The zero-order valence-electron chi connectivity index (χ0n) is 9.30. The van der Waals surface area contributed by atoms with E-state index < -0.39 is 0 Å². The third-order valence-corrected chi connectivity index (χ3v) is 2.87. The van der Waals surface area contributed by atoms with Crippen molar-refractivity contribution in [3.05, 3.63) is 29.3 Å². The van der Waals surface area contributed by atoms with Crippen LogP contribution in [0.3, 0.4) is 0 Å². The van der Waals surface area contributed by atoms with Crippen molar-refractivity contribution in [1.29, 1.82) is 0 Å². The summed E-state index contributed by atoms with van der Waals surface area (Å²) >= 11 is 5.63. The number of amides is 1. The second-order valence-electron chi connectivity index (χ2n) is 3.81. The number of benzene rings is 1. The second-order valence-corrected chi connectivity index (χ2v) is 4.12. The molecular formula is C12H16ClNO. The molecule has 0 fully saturated rings. The zero-order valence-corrected chi connectivity index (χ0v) is 10.1. The Morgan fingerprint density at radius 2 is 1.93 bits per heavy atom. The second kappa shape index (κ2) is 5.17. The van der Waals surface area contributed by atoms with E-state index in [2.05, 4.69) is 5.32 Å². The van der Waals surface area contributed by atoms with Gasteiger partial charge in [0.15, 0.2) is 0 Å². The number of aryl methyl sites for hydroxylation is 2. The molecule has 2 nitrogen and oxygen atoms in total. The average molecular weight is 226 g/mol. The highest BCUT2D eigenvalue weighted by Crippen LogP contribution is 2.20. The Morgan fingerprint density at radius 1 is 1.40 bits per heavy atom. The largest absolute Gasteiger partial charge is 0.325 e. The minimum absolute atomic E-state index is 0.0256. The van der Waals surface area contributed by atoms with Gasteiger partial charge in [0.2, 0.25) is 5.91 Å². The van der Waals surface area contributed by atoms with E-state index in [1.165, 1.54) is 0 Å². The highest BCUT2D eigenvalue weighted by atomic mass is 35.5. The van der Waals surface area contributed by atoms with Crippen LogP contribution in [0, 0.1) is 19.8 Å². The molecule has 3 heteroatoms. The number of carbonyl (C=O) groups excluding carboxylic acids is 1. The molecule has 15 heavy (non-hydrogen) atoms. The Hall–Kier alpha value is -1.02. The monoisotopic (exact) mass is 225 g/mol. The van der Waals surface area contributed by atoms with Crippen molar-refractivity contribution in [1.82, 2.24) is 0 Å². The molecule has 1 aromatic rings. The van der Waals surface area contributed by atoms with Crippen LogP contribution in [-0.4, -0.2) is 11.8 Å². The van der Waals surface area contributed by atoms with Gasteiger partial charge in [-0.3, -0.25) is 4.79 Å². The van der Waals surface area contributed by atoms with E-state index in [1.54, 1.807) is 0 Å². The van der Waals surface area contributed by atoms with Crippen LogP contribution in [0.1, 0.15) is 18.1 Å². The molecule has 0 saturated carbocycles. The zero-order chi connectivity index (χ0) is 11.4. The predicted molar refractivity (Wildman–Crippen MR) is 64.4 cm³/mol. The Morgan fingerprint density at radius 3 is 2.40 bits per heavy atom. The summed E-state index contributed by atoms with van der Waals surface area (Å²) < 4.78 is 0. The van der Waals surface area contributed by atoms with E-state index in [0.29, 0.717) is 5.88 Å². The maximum atomic E-state index is 11.7. The maximum absolute atomic E-state index is 11.7. The highest BCUT2D eigenvalue weighted by molar-refractivity contribution is 6.19. The van der Waals surface area contributed by atoms with E-state index in [9.17, 15) is 4.79 Å². The lowest BCUT2D eigenvalue weighted by Gasteiger charge is -2.13. The van der Waals surface area contributed by atoms with Gasteiger partial charge < -0.3 is 5.32 Å². The van der Waals surface area contributed by atoms with Crippen molar-refractivity contribution in [2.24, 2.45) is 5.92 Å². The SMILES string of the molecule is Cc1cccc(C)c1NC(=O)C(C)CCl. The molecule has 0 heterocycles. The summed E-state index contributed by atoms with van der Waals surface area (Å²) in [5, 5.41) is 2.91. The first-order valence-electron chi connectivity index (χ1n) is 4.99. The Labute approximate surface area is 95.6 Å². The predicted octanol–water partition coefficient (Wildman–Crippen LogP) is 3.12. The molecule has 0 radical (unpaired) electrons. The number of hydrogen-bond donors (Lipinski definition) is 1. The van der Waals surface area contributed by atoms with Gasteiger partial charge in [-0.25, -0.2) is 0 Å². The lowest BCUT2D eigenvalue weighted by Crippen LogP contribution is -2.22. The van der Waals surface area contributed by atoms with Gasteiger partial charge in [-0.05, 0) is 25.0 Å². The van der Waals surface area contributed by atoms with Crippen molar-refractivity contribution < 1.29 is 4.79 Å². The fourth-order valence-corrected chi connectivity index (χ4v) is 1.47. The maximum Gasteiger partial charge on any atom is 0.228 e. The number of anilines is 1. The number of alkyl halides is 1. The molecule has 0 aliphatic heterocycles. The average Bonchev–Trinajstić information content (AvgIpc) is 2.22. The minimum Gasteiger partial charge on any atom is -0.325 e. The van der Waals surface area contributed by atoms with Crippen LogP contribution in [-0.2, 0) is 4.79 Å². The summed E-state index contributed by atoms with van der Waals surface area (Å²) in [6, 6.07) is 5.94. The van der Waals surface area contributed by atoms with E-state index in [4.69, 9.17) is 11.6 Å². The van der Waals surface area contributed by atoms with Crippen LogP contribution in [0.2, 0.25) is 0 Å². The van der Waals surface area contributed by atoms with Gasteiger partial charge >= 0.3 is 0 Å². The van der Waals surface area contributed by atoms with E-state index >= 15 is 0 Å². The molecule has 1 amide bonds. The highest BCUT2D eigenvalue weighted by Gasteiger charge is 2.13. The topological polar surface area (TPSA) is 29.1 Å². The van der Waals surface area contributed by atoms with Gasteiger partial charge in [0.25, 0.3) is 0 Å². The van der Waals surface area contributed by atoms with E-state index in [0.717, 1.165) is 16.8 Å². The summed E-state index contributed by atoms with van der Waals surface area (Å²) in [6.07, 6.45) is 0. The van der Waals surface area contributed by atoms with Crippen molar-refractivity contribution in [3.8, 4) is 0 Å². The number of rotatable bonds is 3. The smallest absolute Gasteiger partial charge is 0.228 e. The Bertz CT molecular complexity index is 342. The molecule has 1 atom stereocenters. The number of carbonyl (C=O) groups is 1. The van der Waals surface area contributed by atoms with Crippen LogP contribution >= 0.6 is 11.6 Å². The molecule has 0 aromatic heterocycles. The van der Waals surface area contributed by atoms with Crippen molar-refractivity contribution in [2.45, 2.75) is 20.8 Å². The lowest BCUT2D eigenvalue weighted by atomic mass is 10.1. The van der Waals surface area contributed by atoms with Gasteiger partial charge in [0.05, 0.1) is 0 Å². The van der Waals surface area contributed by atoms with Crippen LogP contribution < -0.4 is 5.32 Å². The van der Waals surface area contributed by atoms with Gasteiger partial charge in [0, 0.05) is 17.5 Å². The van der Waals surface area contributed by atoms with Gasteiger partial charge in [-0.1, -0.05) is 25.1 Å². The van der Waals surface area contributed by atoms with Crippen LogP contribution in [0.4, 0.5) is 5.69 Å². The number of halogens is 1. The molecule has 1 rings (SSSR count). The molecule has 0 saturated heterocycles. The Kier molecular flexibility index (Phi) is 4.15. The molecular weight excluding hydrogens is 210 g/mol. The third-order valence-electron chi connectivity index (χ3n) is 2.41. The molecule has 0 aliphatic rings. The molecule has 1 unspecified atom stereocenters. The summed E-state index contributed by atoms with van der Waals surface area (Å²) in [4.78, 5) is 11.7. The van der Waals surface area contributed by atoms with Gasteiger partial charge in [0.1, 0.15) is 0 Å². The molecule has 1 N–H and O–H groups in total. The normalized spacial score (nSPS) is 12.3. The number of para-hydroxylation sites is 1. The molecule has 0 aliphatic carbocycles. The van der Waals surface area contributed by atoms with Crippen molar-refractivity contribution >= 4 is 23.2 Å². The summed E-state index contributed by atoms with van der Waals surface area (Å²) in [5.74, 6) is 0.157. The molecule has 1 aromatic carbocycles. The lowest BCUT2D eigenvalue weighted by molar-refractivity contribution is -0.118. The molecule has 82 valence electrons. The summed E-state index contributed by atoms with van der Waals surface area (Å²) in [6.45, 7) is 5.78. The first kappa shape index (κ1) is 12.1. The summed E-state index contributed by atoms with van der Waals surface area (Å²) in [7, 11) is 0. The first-order valence-corrected chi connectivity index (χ1v) is 5.52. The fraction of sp³-hybridized carbons (Fsp3) is 0.417. The van der Waals surface area contributed by atoms with Gasteiger partial charge in [-0.2, -0.15) is 0 Å². The fourth-order valence-electron chi connectivity index (χ4n) is 1.33. The molecule has 0 bridgehead atoms. The number of hydrogen-bond acceptors (Lipinski definition) is 1. The Balaban J connectivity index is 2.85. The number of nitrogens with one attached hydrogen (secondary N) is 1. The van der Waals surface area contributed by atoms with Crippen LogP contribution in [0.5, 0.6) is 0 Å². The first-order chi connectivity index (χ1) is 7.06. The van der Waals surface area contributed by atoms with Crippen molar-refractivity contribution in [3.63, 3.8) is 0 Å². The summed E-state index contributed by atoms with van der Waals surface area (Å²) in [5.41, 5.74) is 3.05. The standard InChI is InChI=1S/C12H16ClNO/c1-8-5-4-6-9(2)11(8)14-12(15)10(3)7-13/h4-6,10H,7H2,1-3H3,(H,14,15). The quantitative estimate of drug-likeness (QED) is 0.787. The minimum atomic E-state index is -0.161. The van der Waals surface area contributed by atoms with E-state index in [1.807, 2.05) is 39.0 Å². The van der Waals surface area contributed by atoms with Crippen molar-refractivity contribution in [2.75, 3.05) is 11.2 Å². The molecule has 0 spiro atoms.